The summed E-state index contributed by atoms with van der Waals surface area (Å²) in [6.45, 7) is 6.26. The topological polar surface area (TPSA) is 84.0 Å². The van der Waals surface area contributed by atoms with Crippen molar-refractivity contribution >= 4 is 11.7 Å². The van der Waals surface area contributed by atoms with Crippen LogP contribution in [0.15, 0.2) is 17.3 Å². The zero-order chi connectivity index (χ0) is 13.8. The third-order valence-electron chi connectivity index (χ3n) is 3.34. The molecular formula is C13H20N4O2. The number of morpholine rings is 1. The number of pyridine rings is 1. The van der Waals surface area contributed by atoms with Gasteiger partial charge < -0.3 is 20.6 Å². The van der Waals surface area contributed by atoms with Crippen LogP contribution in [-0.2, 0) is 4.74 Å². The molecule has 1 saturated heterocycles. The van der Waals surface area contributed by atoms with E-state index in [1.807, 2.05) is 13.0 Å². The first-order chi connectivity index (χ1) is 9.15. The summed E-state index contributed by atoms with van der Waals surface area (Å²) in [4.78, 5) is 6.78. The van der Waals surface area contributed by atoms with Gasteiger partial charge in [-0.25, -0.2) is 4.98 Å². The molecule has 3 N–H and O–H groups in total. The number of aryl methyl sites for hydroxylation is 1. The molecule has 2 heterocycles. The van der Waals surface area contributed by atoms with Gasteiger partial charge >= 0.3 is 0 Å². The van der Waals surface area contributed by atoms with Gasteiger partial charge in [0.25, 0.3) is 0 Å². The Kier molecular flexibility index (Phi) is 4.21. The lowest BCUT2D eigenvalue weighted by Gasteiger charge is -2.36. The Hall–Kier alpha value is -1.82. The van der Waals surface area contributed by atoms with Crippen molar-refractivity contribution in [3.63, 3.8) is 0 Å². The van der Waals surface area contributed by atoms with Gasteiger partial charge in [-0.3, -0.25) is 0 Å². The molecule has 0 saturated carbocycles. The molecule has 0 amide bonds. The van der Waals surface area contributed by atoms with Gasteiger partial charge in [0.15, 0.2) is 5.84 Å². The maximum Gasteiger partial charge on any atom is 0.170 e. The van der Waals surface area contributed by atoms with Gasteiger partial charge in [-0.15, -0.1) is 0 Å². The average molecular weight is 264 g/mol. The first-order valence-electron chi connectivity index (χ1n) is 6.46. The van der Waals surface area contributed by atoms with E-state index in [2.05, 4.69) is 22.0 Å². The highest BCUT2D eigenvalue weighted by molar-refractivity contribution is 5.97. The zero-order valence-electron chi connectivity index (χ0n) is 11.3. The van der Waals surface area contributed by atoms with Crippen molar-refractivity contribution in [3.8, 4) is 0 Å². The van der Waals surface area contributed by atoms with Crippen molar-refractivity contribution in [1.82, 2.24) is 4.98 Å². The van der Waals surface area contributed by atoms with Crippen LogP contribution in [0.3, 0.4) is 0 Å². The number of hydrogen-bond donors (Lipinski definition) is 2. The van der Waals surface area contributed by atoms with E-state index in [0.29, 0.717) is 24.8 Å². The molecule has 1 aromatic heterocycles. The number of nitrogens with zero attached hydrogens (tertiary/aromatic N) is 3. The third-order valence-corrected chi connectivity index (χ3v) is 3.34. The predicted molar refractivity (Wildman–Crippen MR) is 73.7 cm³/mol. The molecule has 2 rings (SSSR count). The summed E-state index contributed by atoms with van der Waals surface area (Å²) in [5.41, 5.74) is 7.19. The average Bonchev–Trinajstić information content (AvgIpc) is 2.45. The van der Waals surface area contributed by atoms with Gasteiger partial charge in [0.05, 0.1) is 19.3 Å². The van der Waals surface area contributed by atoms with Crippen molar-refractivity contribution in [2.24, 2.45) is 10.9 Å². The Morgan fingerprint density at radius 2 is 2.42 bits per heavy atom. The lowest BCUT2D eigenvalue weighted by Crippen LogP contribution is -2.45. The SMILES string of the molecule is CCC1COCCN1c1cc(/C(N)=N/O)cc(C)n1. The minimum Gasteiger partial charge on any atom is -0.409 e. The molecule has 1 unspecified atom stereocenters. The van der Waals surface area contributed by atoms with E-state index in [9.17, 15) is 0 Å². The van der Waals surface area contributed by atoms with E-state index in [4.69, 9.17) is 15.7 Å². The van der Waals surface area contributed by atoms with Gasteiger partial charge in [-0.05, 0) is 25.5 Å². The fourth-order valence-corrected chi connectivity index (χ4v) is 2.30. The van der Waals surface area contributed by atoms with E-state index in [1.54, 1.807) is 6.07 Å². The summed E-state index contributed by atoms with van der Waals surface area (Å²) in [5, 5.41) is 11.8. The van der Waals surface area contributed by atoms with Crippen LogP contribution in [0.1, 0.15) is 24.6 Å². The molecule has 0 aromatic carbocycles. The van der Waals surface area contributed by atoms with Crippen molar-refractivity contribution in [1.29, 1.82) is 0 Å². The van der Waals surface area contributed by atoms with Crippen molar-refractivity contribution in [2.45, 2.75) is 26.3 Å². The second-order valence-electron chi connectivity index (χ2n) is 4.67. The number of aromatic nitrogens is 1. The normalized spacial score (nSPS) is 20.6. The van der Waals surface area contributed by atoms with Crippen molar-refractivity contribution in [2.75, 3.05) is 24.7 Å². The standard InChI is InChI=1S/C13H20N4O2/c1-3-11-8-19-5-4-17(11)12-7-10(13(14)16-18)6-9(2)15-12/h6-7,11,18H,3-5,8H2,1-2H3,(H2,14,16). The van der Waals surface area contributed by atoms with Gasteiger partial charge in [0.2, 0.25) is 0 Å². The minimum atomic E-state index is 0.105. The highest BCUT2D eigenvalue weighted by Gasteiger charge is 2.23. The first kappa shape index (κ1) is 13.6. The van der Waals surface area contributed by atoms with Crippen molar-refractivity contribution < 1.29 is 9.94 Å². The third kappa shape index (κ3) is 2.96. The summed E-state index contributed by atoms with van der Waals surface area (Å²) >= 11 is 0. The van der Waals surface area contributed by atoms with E-state index in [1.165, 1.54) is 0 Å². The number of ether oxygens (including phenoxy) is 1. The molecule has 1 atom stereocenters. The summed E-state index contributed by atoms with van der Waals surface area (Å²) in [5.74, 6) is 0.963. The monoisotopic (exact) mass is 264 g/mol. The fourth-order valence-electron chi connectivity index (χ4n) is 2.30. The van der Waals surface area contributed by atoms with E-state index in [0.717, 1.165) is 24.5 Å². The van der Waals surface area contributed by atoms with Gasteiger partial charge in [0, 0.05) is 17.8 Å². The maximum atomic E-state index is 8.79. The summed E-state index contributed by atoms with van der Waals surface area (Å²) in [6, 6.07) is 3.99. The molecular weight excluding hydrogens is 244 g/mol. The van der Waals surface area contributed by atoms with Crippen molar-refractivity contribution in [3.05, 3.63) is 23.4 Å². The number of rotatable bonds is 3. The number of hydrogen-bond acceptors (Lipinski definition) is 5. The van der Waals surface area contributed by atoms with Crippen LogP contribution in [-0.4, -0.2) is 41.8 Å². The van der Waals surface area contributed by atoms with E-state index < -0.39 is 0 Å². The van der Waals surface area contributed by atoms with Crippen LogP contribution in [0.5, 0.6) is 0 Å². The second-order valence-corrected chi connectivity index (χ2v) is 4.67. The highest BCUT2D eigenvalue weighted by atomic mass is 16.5. The Morgan fingerprint density at radius 1 is 1.63 bits per heavy atom. The van der Waals surface area contributed by atoms with Gasteiger partial charge in [-0.1, -0.05) is 12.1 Å². The number of nitrogens with two attached hydrogens (primary N) is 1. The molecule has 1 aromatic rings. The van der Waals surface area contributed by atoms with Crippen LogP contribution < -0.4 is 10.6 Å². The molecule has 1 fully saturated rings. The molecule has 104 valence electrons. The lowest BCUT2D eigenvalue weighted by atomic mass is 10.1. The smallest absolute Gasteiger partial charge is 0.170 e. The first-order valence-corrected chi connectivity index (χ1v) is 6.46. The molecule has 0 spiro atoms. The Labute approximate surface area is 112 Å². The predicted octanol–water partition coefficient (Wildman–Crippen LogP) is 1.10. The molecule has 1 aliphatic rings. The Balaban J connectivity index is 2.35. The molecule has 6 heteroatoms. The molecule has 1 aliphatic heterocycles. The second kappa shape index (κ2) is 5.88. The highest BCUT2D eigenvalue weighted by Crippen LogP contribution is 2.21. The van der Waals surface area contributed by atoms with Crippen LogP contribution in [0.25, 0.3) is 0 Å². The van der Waals surface area contributed by atoms with E-state index >= 15 is 0 Å². The lowest BCUT2D eigenvalue weighted by molar-refractivity contribution is 0.0925. The minimum absolute atomic E-state index is 0.105. The summed E-state index contributed by atoms with van der Waals surface area (Å²) in [6.07, 6.45) is 0.995. The Morgan fingerprint density at radius 3 is 3.11 bits per heavy atom. The molecule has 0 aliphatic carbocycles. The van der Waals surface area contributed by atoms with Gasteiger partial charge in [-0.2, -0.15) is 0 Å². The largest absolute Gasteiger partial charge is 0.409 e. The number of oxime groups is 1. The van der Waals surface area contributed by atoms with Crippen LogP contribution >= 0.6 is 0 Å². The van der Waals surface area contributed by atoms with Gasteiger partial charge in [0.1, 0.15) is 5.82 Å². The van der Waals surface area contributed by atoms with Crippen LogP contribution in [0.4, 0.5) is 5.82 Å². The molecule has 0 radical (unpaired) electrons. The quantitative estimate of drug-likeness (QED) is 0.369. The number of anilines is 1. The fraction of sp³-hybridized carbons (Fsp3) is 0.538. The zero-order valence-corrected chi connectivity index (χ0v) is 11.3. The maximum absolute atomic E-state index is 8.79. The number of amidine groups is 1. The summed E-state index contributed by atoms with van der Waals surface area (Å²) in [7, 11) is 0. The molecule has 6 nitrogen and oxygen atoms in total. The summed E-state index contributed by atoms with van der Waals surface area (Å²) < 4.78 is 5.50. The van der Waals surface area contributed by atoms with E-state index in [-0.39, 0.29) is 5.84 Å². The Bertz CT molecular complexity index is 476. The van der Waals surface area contributed by atoms with Crippen LogP contribution in [0.2, 0.25) is 0 Å². The molecule has 0 bridgehead atoms. The van der Waals surface area contributed by atoms with Crippen LogP contribution in [0, 0.1) is 6.92 Å². The molecule has 19 heavy (non-hydrogen) atoms.